The average molecular weight is 253 g/mol. The van der Waals surface area contributed by atoms with Crippen LogP contribution in [0, 0.1) is 29.1 Å². The summed E-state index contributed by atoms with van der Waals surface area (Å²) in [5.41, 5.74) is 0.495. The van der Waals surface area contributed by atoms with Crippen LogP contribution in [0.2, 0.25) is 0 Å². The van der Waals surface area contributed by atoms with E-state index in [0.717, 1.165) is 23.7 Å². The quantitative estimate of drug-likeness (QED) is 0.699. The lowest BCUT2D eigenvalue weighted by atomic mass is 9.63. The van der Waals surface area contributed by atoms with E-state index in [2.05, 4.69) is 46.9 Å². The summed E-state index contributed by atoms with van der Waals surface area (Å²) in [6.45, 7) is 16.8. The molecule has 1 fully saturated rings. The van der Waals surface area contributed by atoms with Gasteiger partial charge in [0.15, 0.2) is 0 Å². The van der Waals surface area contributed by atoms with Gasteiger partial charge in [-0.15, -0.1) is 0 Å². The van der Waals surface area contributed by atoms with Gasteiger partial charge in [0.25, 0.3) is 0 Å². The summed E-state index contributed by atoms with van der Waals surface area (Å²) in [6, 6.07) is 0. The Kier molecular flexibility index (Phi) is 6.17. The van der Waals surface area contributed by atoms with E-state index in [0.29, 0.717) is 5.41 Å². The average Bonchev–Trinajstić information content (AvgIpc) is 2.28. The molecule has 1 saturated carbocycles. The van der Waals surface area contributed by atoms with E-state index in [1.165, 1.54) is 38.8 Å². The van der Waals surface area contributed by atoms with Crippen molar-refractivity contribution in [1.82, 2.24) is 5.32 Å². The summed E-state index contributed by atoms with van der Waals surface area (Å²) in [6.07, 6.45) is 5.57. The zero-order valence-electron chi connectivity index (χ0n) is 13.6. The largest absolute Gasteiger partial charge is 0.316 e. The van der Waals surface area contributed by atoms with Crippen LogP contribution in [0.25, 0.3) is 0 Å². The molecule has 108 valence electrons. The van der Waals surface area contributed by atoms with Crippen LogP contribution in [-0.4, -0.2) is 13.1 Å². The molecule has 0 saturated heterocycles. The first-order chi connectivity index (χ1) is 8.36. The zero-order chi connectivity index (χ0) is 13.8. The van der Waals surface area contributed by atoms with Crippen LogP contribution in [0.15, 0.2) is 0 Å². The third-order valence-electron chi connectivity index (χ3n) is 4.96. The molecular formula is C17H35N. The Balaban J connectivity index is 2.55. The molecule has 1 N–H and O–H groups in total. The second-order valence-corrected chi connectivity index (χ2v) is 7.75. The van der Waals surface area contributed by atoms with Gasteiger partial charge in [-0.05, 0) is 67.9 Å². The summed E-state index contributed by atoms with van der Waals surface area (Å²) in [5, 5.41) is 3.64. The van der Waals surface area contributed by atoms with Crippen molar-refractivity contribution in [3.63, 3.8) is 0 Å². The van der Waals surface area contributed by atoms with Crippen molar-refractivity contribution in [2.24, 2.45) is 29.1 Å². The summed E-state index contributed by atoms with van der Waals surface area (Å²) in [7, 11) is 0. The molecule has 0 aromatic carbocycles. The number of hydrogen-bond donors (Lipinski definition) is 1. The lowest BCUT2D eigenvalue weighted by molar-refractivity contribution is 0.0728. The molecule has 3 atom stereocenters. The first kappa shape index (κ1) is 16.0. The van der Waals surface area contributed by atoms with Crippen molar-refractivity contribution in [1.29, 1.82) is 0 Å². The highest BCUT2D eigenvalue weighted by Crippen LogP contribution is 2.44. The highest BCUT2D eigenvalue weighted by molar-refractivity contribution is 4.87. The minimum Gasteiger partial charge on any atom is -0.316 e. The fourth-order valence-corrected chi connectivity index (χ4v) is 3.59. The molecule has 0 spiro atoms. The van der Waals surface area contributed by atoms with E-state index in [4.69, 9.17) is 0 Å². The van der Waals surface area contributed by atoms with Gasteiger partial charge in [0.05, 0.1) is 0 Å². The summed E-state index contributed by atoms with van der Waals surface area (Å²) >= 11 is 0. The molecule has 0 aromatic rings. The molecule has 1 nitrogen and oxygen atoms in total. The summed E-state index contributed by atoms with van der Waals surface area (Å²) < 4.78 is 0. The monoisotopic (exact) mass is 253 g/mol. The lowest BCUT2D eigenvalue weighted by Gasteiger charge is -2.43. The van der Waals surface area contributed by atoms with E-state index in [9.17, 15) is 0 Å². The molecule has 1 rings (SSSR count). The number of rotatable bonds is 5. The van der Waals surface area contributed by atoms with Crippen LogP contribution in [-0.2, 0) is 0 Å². The first-order valence-corrected chi connectivity index (χ1v) is 8.07. The minimum absolute atomic E-state index is 0.495. The van der Waals surface area contributed by atoms with Gasteiger partial charge < -0.3 is 5.32 Å². The maximum Gasteiger partial charge on any atom is -0.00178 e. The van der Waals surface area contributed by atoms with E-state index in [1.807, 2.05) is 0 Å². The number of nitrogens with one attached hydrogen (secondary N) is 1. The first-order valence-electron chi connectivity index (χ1n) is 8.07. The van der Waals surface area contributed by atoms with Crippen molar-refractivity contribution in [3.8, 4) is 0 Å². The topological polar surface area (TPSA) is 12.0 Å². The smallest absolute Gasteiger partial charge is 0.00178 e. The SMILES string of the molecule is CCCNCC1CCC(C(C)(C)C)CC1C(C)C. The van der Waals surface area contributed by atoms with Gasteiger partial charge >= 0.3 is 0 Å². The minimum atomic E-state index is 0.495. The van der Waals surface area contributed by atoms with Gasteiger partial charge in [0, 0.05) is 0 Å². The molecule has 0 aliphatic heterocycles. The lowest BCUT2D eigenvalue weighted by Crippen LogP contribution is -2.38. The highest BCUT2D eigenvalue weighted by atomic mass is 14.9. The van der Waals surface area contributed by atoms with Crippen molar-refractivity contribution in [2.45, 2.75) is 67.2 Å². The molecule has 3 unspecified atom stereocenters. The normalized spacial score (nSPS) is 29.8. The molecule has 0 bridgehead atoms. The van der Waals surface area contributed by atoms with Crippen LogP contribution in [0.4, 0.5) is 0 Å². The fraction of sp³-hybridized carbons (Fsp3) is 1.00. The fourth-order valence-electron chi connectivity index (χ4n) is 3.59. The van der Waals surface area contributed by atoms with Crippen LogP contribution in [0.5, 0.6) is 0 Å². The predicted molar refractivity (Wildman–Crippen MR) is 81.8 cm³/mol. The zero-order valence-corrected chi connectivity index (χ0v) is 13.6. The molecule has 0 heterocycles. The summed E-state index contributed by atoms with van der Waals surface area (Å²) in [5.74, 6) is 3.60. The molecule has 1 aliphatic rings. The van der Waals surface area contributed by atoms with Crippen LogP contribution >= 0.6 is 0 Å². The van der Waals surface area contributed by atoms with Gasteiger partial charge in [-0.3, -0.25) is 0 Å². The van der Waals surface area contributed by atoms with Gasteiger partial charge in [0.2, 0.25) is 0 Å². The second kappa shape index (κ2) is 6.93. The van der Waals surface area contributed by atoms with E-state index >= 15 is 0 Å². The van der Waals surface area contributed by atoms with Crippen LogP contribution in [0.3, 0.4) is 0 Å². The Morgan fingerprint density at radius 2 is 1.83 bits per heavy atom. The molecular weight excluding hydrogens is 218 g/mol. The third kappa shape index (κ3) is 4.57. The predicted octanol–water partition coefficient (Wildman–Crippen LogP) is 4.72. The Labute approximate surface area is 115 Å². The molecule has 1 heteroatoms. The Morgan fingerprint density at radius 3 is 2.33 bits per heavy atom. The highest BCUT2D eigenvalue weighted by Gasteiger charge is 2.36. The van der Waals surface area contributed by atoms with Crippen molar-refractivity contribution in [3.05, 3.63) is 0 Å². The maximum atomic E-state index is 3.64. The van der Waals surface area contributed by atoms with Crippen molar-refractivity contribution >= 4 is 0 Å². The van der Waals surface area contributed by atoms with E-state index < -0.39 is 0 Å². The molecule has 0 amide bonds. The molecule has 0 radical (unpaired) electrons. The summed E-state index contributed by atoms with van der Waals surface area (Å²) in [4.78, 5) is 0. The standard InChI is InChI=1S/C17H35N/c1-7-10-18-12-14-8-9-15(17(4,5)6)11-16(14)13(2)3/h13-16,18H,7-12H2,1-6H3. The van der Waals surface area contributed by atoms with E-state index in [1.54, 1.807) is 0 Å². The second-order valence-electron chi connectivity index (χ2n) is 7.75. The maximum absolute atomic E-state index is 3.64. The van der Waals surface area contributed by atoms with Crippen LogP contribution < -0.4 is 5.32 Å². The Bertz CT molecular complexity index is 226. The van der Waals surface area contributed by atoms with Gasteiger partial charge in [-0.1, -0.05) is 41.5 Å². The van der Waals surface area contributed by atoms with Gasteiger partial charge in [0.1, 0.15) is 0 Å². The molecule has 0 aromatic heterocycles. The van der Waals surface area contributed by atoms with Crippen LogP contribution in [0.1, 0.15) is 67.2 Å². The van der Waals surface area contributed by atoms with E-state index in [-0.39, 0.29) is 0 Å². The number of hydrogen-bond acceptors (Lipinski definition) is 1. The van der Waals surface area contributed by atoms with Crippen molar-refractivity contribution < 1.29 is 0 Å². The Morgan fingerprint density at radius 1 is 1.17 bits per heavy atom. The van der Waals surface area contributed by atoms with Gasteiger partial charge in [-0.2, -0.15) is 0 Å². The molecule has 18 heavy (non-hydrogen) atoms. The Hall–Kier alpha value is -0.0400. The van der Waals surface area contributed by atoms with Gasteiger partial charge in [-0.25, -0.2) is 0 Å². The van der Waals surface area contributed by atoms with Crippen molar-refractivity contribution in [2.75, 3.05) is 13.1 Å². The third-order valence-corrected chi connectivity index (χ3v) is 4.96. The molecule has 1 aliphatic carbocycles.